The minimum atomic E-state index is 0.311. The van der Waals surface area contributed by atoms with Crippen LogP contribution >= 0.6 is 11.6 Å². The van der Waals surface area contributed by atoms with E-state index in [0.717, 1.165) is 22.2 Å². The average molecular weight is 422 g/mol. The maximum absolute atomic E-state index is 6.09. The van der Waals surface area contributed by atoms with Gasteiger partial charge < -0.3 is 15.9 Å². The van der Waals surface area contributed by atoms with Gasteiger partial charge in [-0.2, -0.15) is 5.10 Å². The van der Waals surface area contributed by atoms with Crippen molar-refractivity contribution in [1.82, 2.24) is 19.7 Å². The van der Waals surface area contributed by atoms with Crippen LogP contribution in [0.3, 0.4) is 0 Å². The van der Waals surface area contributed by atoms with E-state index in [4.69, 9.17) is 22.2 Å². The normalized spacial score (nSPS) is 11.3. The van der Waals surface area contributed by atoms with Crippen molar-refractivity contribution in [3.8, 4) is 0 Å². The second-order valence-electron chi connectivity index (χ2n) is 6.50. The number of benzene rings is 2. The fourth-order valence-corrected chi connectivity index (χ4v) is 3.25. The van der Waals surface area contributed by atoms with Crippen molar-refractivity contribution in [1.29, 1.82) is 0 Å². The van der Waals surface area contributed by atoms with E-state index >= 15 is 0 Å². The monoisotopic (exact) mass is 421 g/mol. The largest absolute Gasteiger partial charge is 0.396 e. The molecule has 0 saturated carbocycles. The van der Waals surface area contributed by atoms with Crippen LogP contribution < -0.4 is 11.1 Å². The van der Waals surface area contributed by atoms with Crippen molar-refractivity contribution >= 4 is 46.0 Å². The summed E-state index contributed by atoms with van der Waals surface area (Å²) in [5.41, 5.74) is 9.48. The molecule has 0 spiro atoms. The predicted octanol–water partition coefficient (Wildman–Crippen LogP) is 4.22. The van der Waals surface area contributed by atoms with E-state index in [-0.39, 0.29) is 0 Å². The number of nitrogens with one attached hydrogen (secondary N) is 1. The number of fused-ring (bicyclic) bond motifs is 1. The molecule has 0 unspecified atom stereocenters. The Morgan fingerprint density at radius 2 is 2.13 bits per heavy atom. The second-order valence-corrected chi connectivity index (χ2v) is 6.94. The van der Waals surface area contributed by atoms with Gasteiger partial charge in [0.25, 0.3) is 0 Å². The van der Waals surface area contributed by atoms with E-state index in [1.165, 1.54) is 12.5 Å². The molecule has 0 saturated heterocycles. The summed E-state index contributed by atoms with van der Waals surface area (Å²) in [6.45, 7) is 2.95. The van der Waals surface area contributed by atoms with Crippen molar-refractivity contribution in [3.05, 3.63) is 71.1 Å². The van der Waals surface area contributed by atoms with Crippen molar-refractivity contribution in [2.24, 2.45) is 5.16 Å². The van der Waals surface area contributed by atoms with Crippen molar-refractivity contribution in [3.63, 3.8) is 0 Å². The molecule has 8 nitrogen and oxygen atoms in total. The van der Waals surface area contributed by atoms with Crippen LogP contribution in [0, 0.1) is 0 Å². The third kappa shape index (κ3) is 4.33. The molecule has 0 aliphatic rings. The van der Waals surface area contributed by atoms with Gasteiger partial charge in [-0.25, -0.2) is 9.97 Å². The Bertz CT molecular complexity index is 1210. The van der Waals surface area contributed by atoms with Crippen LogP contribution in [0.5, 0.6) is 0 Å². The highest BCUT2D eigenvalue weighted by Crippen LogP contribution is 2.25. The molecule has 0 radical (unpaired) electrons. The third-order valence-corrected chi connectivity index (χ3v) is 4.66. The van der Waals surface area contributed by atoms with Gasteiger partial charge >= 0.3 is 0 Å². The van der Waals surface area contributed by atoms with E-state index < -0.39 is 0 Å². The summed E-state index contributed by atoms with van der Waals surface area (Å²) in [5.74, 6) is 0.850. The first-order valence-corrected chi connectivity index (χ1v) is 9.74. The van der Waals surface area contributed by atoms with Crippen LogP contribution in [0.4, 0.5) is 17.3 Å². The molecule has 0 bridgehead atoms. The molecule has 3 N–H and O–H groups in total. The fourth-order valence-electron chi connectivity index (χ4n) is 3.04. The quantitative estimate of drug-likeness (QED) is 0.342. The second kappa shape index (κ2) is 8.79. The Morgan fingerprint density at radius 3 is 2.97 bits per heavy atom. The van der Waals surface area contributed by atoms with Crippen LogP contribution in [-0.4, -0.2) is 32.6 Å². The minimum Gasteiger partial charge on any atom is -0.396 e. The van der Waals surface area contributed by atoms with Crippen LogP contribution in [0.2, 0.25) is 5.02 Å². The number of halogens is 1. The highest BCUT2D eigenvalue weighted by atomic mass is 35.5. The van der Waals surface area contributed by atoms with Gasteiger partial charge in [-0.1, -0.05) is 28.9 Å². The predicted molar refractivity (Wildman–Crippen MR) is 119 cm³/mol. The van der Waals surface area contributed by atoms with E-state index in [1.807, 2.05) is 60.3 Å². The van der Waals surface area contributed by atoms with Crippen LogP contribution in [-0.2, 0) is 11.4 Å². The number of hydrogen-bond donors (Lipinski definition) is 2. The minimum absolute atomic E-state index is 0.311. The highest BCUT2D eigenvalue weighted by molar-refractivity contribution is 6.30. The molecular weight excluding hydrogens is 402 g/mol. The lowest BCUT2D eigenvalue weighted by molar-refractivity contribution is 0.160. The van der Waals surface area contributed by atoms with E-state index in [0.29, 0.717) is 35.4 Å². The van der Waals surface area contributed by atoms with Gasteiger partial charge in [0.05, 0.1) is 30.0 Å². The van der Waals surface area contributed by atoms with Crippen molar-refractivity contribution in [2.45, 2.75) is 13.5 Å². The van der Waals surface area contributed by atoms with Gasteiger partial charge in [0.15, 0.2) is 0 Å². The standard InChI is InChI=1S/C21H20ClN7O/c1-2-30-27-11-18-20(23)24-13-25-21(18)28-17-6-7-19-15(9-17)10-26-29(19)12-14-4-3-5-16(22)8-14/h3-11,13H,2,12H2,1H3,(H3,23,24,25,28). The van der Waals surface area contributed by atoms with Gasteiger partial charge in [0, 0.05) is 16.1 Å². The number of nitrogens with zero attached hydrogens (tertiary/aromatic N) is 5. The number of hydrogen-bond acceptors (Lipinski definition) is 7. The molecule has 0 amide bonds. The van der Waals surface area contributed by atoms with E-state index in [2.05, 4.69) is 25.5 Å². The van der Waals surface area contributed by atoms with Gasteiger partial charge in [0.2, 0.25) is 0 Å². The molecule has 30 heavy (non-hydrogen) atoms. The maximum Gasteiger partial charge on any atom is 0.144 e. The number of anilines is 3. The number of nitrogens with two attached hydrogens (primary N) is 1. The summed E-state index contributed by atoms with van der Waals surface area (Å²) >= 11 is 6.09. The van der Waals surface area contributed by atoms with Gasteiger partial charge in [0.1, 0.15) is 24.6 Å². The molecule has 4 rings (SSSR count). The van der Waals surface area contributed by atoms with E-state index in [9.17, 15) is 0 Å². The summed E-state index contributed by atoms with van der Waals surface area (Å²) in [5, 5.41) is 13.4. The molecule has 9 heteroatoms. The van der Waals surface area contributed by atoms with Crippen LogP contribution in [0.15, 0.2) is 60.1 Å². The molecule has 2 aromatic carbocycles. The lowest BCUT2D eigenvalue weighted by Gasteiger charge is -2.10. The molecular formula is C21H20ClN7O. The lowest BCUT2D eigenvalue weighted by atomic mass is 10.2. The first kappa shape index (κ1) is 19.7. The topological polar surface area (TPSA) is 103 Å². The molecule has 152 valence electrons. The maximum atomic E-state index is 6.09. The Hall–Kier alpha value is -3.65. The molecule has 2 heterocycles. The zero-order chi connectivity index (χ0) is 20.9. The summed E-state index contributed by atoms with van der Waals surface area (Å²) < 4.78 is 1.94. The number of aromatic nitrogens is 4. The summed E-state index contributed by atoms with van der Waals surface area (Å²) in [7, 11) is 0. The zero-order valence-corrected chi connectivity index (χ0v) is 17.0. The third-order valence-electron chi connectivity index (χ3n) is 4.43. The fraction of sp³-hybridized carbons (Fsp3) is 0.143. The molecule has 0 atom stereocenters. The first-order valence-electron chi connectivity index (χ1n) is 9.37. The van der Waals surface area contributed by atoms with Gasteiger partial charge in [-0.3, -0.25) is 4.68 Å². The van der Waals surface area contributed by atoms with Crippen LogP contribution in [0.25, 0.3) is 10.9 Å². The lowest BCUT2D eigenvalue weighted by Crippen LogP contribution is -2.05. The van der Waals surface area contributed by atoms with Crippen molar-refractivity contribution < 1.29 is 4.84 Å². The Balaban J connectivity index is 1.59. The molecule has 2 aromatic heterocycles. The Morgan fingerprint density at radius 1 is 1.23 bits per heavy atom. The average Bonchev–Trinajstić information content (AvgIpc) is 3.12. The van der Waals surface area contributed by atoms with Gasteiger partial charge in [-0.15, -0.1) is 0 Å². The molecule has 4 aromatic rings. The molecule has 0 aliphatic heterocycles. The smallest absolute Gasteiger partial charge is 0.144 e. The summed E-state index contributed by atoms with van der Waals surface area (Å²) in [6.07, 6.45) is 4.73. The summed E-state index contributed by atoms with van der Waals surface area (Å²) in [4.78, 5) is 13.3. The SMILES string of the molecule is CCON=Cc1c(N)ncnc1Nc1ccc2c(cnn2Cc2cccc(Cl)c2)c1. The Kier molecular flexibility index (Phi) is 5.76. The molecule has 0 aliphatic carbocycles. The van der Waals surface area contributed by atoms with Gasteiger partial charge in [-0.05, 0) is 42.8 Å². The summed E-state index contributed by atoms with van der Waals surface area (Å²) in [6, 6.07) is 13.7. The van der Waals surface area contributed by atoms with Crippen LogP contribution in [0.1, 0.15) is 18.1 Å². The Labute approximate surface area is 178 Å². The van der Waals surface area contributed by atoms with Crippen molar-refractivity contribution in [2.75, 3.05) is 17.7 Å². The number of oxime groups is 1. The number of rotatable bonds is 7. The zero-order valence-electron chi connectivity index (χ0n) is 16.3. The highest BCUT2D eigenvalue weighted by Gasteiger charge is 2.10. The first-order chi connectivity index (χ1) is 14.6. The van der Waals surface area contributed by atoms with E-state index in [1.54, 1.807) is 0 Å². The number of nitrogen functional groups attached to an aromatic ring is 1. The molecule has 0 fully saturated rings.